The fraction of sp³-hybridized carbons (Fsp3) is 0.320. The monoisotopic (exact) mass is 430 g/mol. The van der Waals surface area contributed by atoms with Crippen LogP contribution in [0.3, 0.4) is 0 Å². The van der Waals surface area contributed by atoms with Crippen LogP contribution in [0.1, 0.15) is 25.6 Å². The van der Waals surface area contributed by atoms with Crippen molar-refractivity contribution in [1.82, 2.24) is 25.2 Å². The molecule has 0 aliphatic carbocycles. The van der Waals surface area contributed by atoms with E-state index >= 15 is 0 Å². The van der Waals surface area contributed by atoms with E-state index in [1.54, 1.807) is 0 Å². The molecule has 7 nitrogen and oxygen atoms in total. The molecule has 4 aromatic rings. The Balaban J connectivity index is 1.18. The number of ether oxygens (including phenoxy) is 1. The number of fused-ring (bicyclic) bond motifs is 2. The Bertz CT molecular complexity index is 1170. The molecule has 0 amide bonds. The molecule has 0 fully saturated rings. The van der Waals surface area contributed by atoms with Gasteiger partial charge >= 0.3 is 0 Å². The smallest absolute Gasteiger partial charge is 0.191 e. The number of rotatable bonds is 10. The first kappa shape index (κ1) is 21.6. The molecule has 2 N–H and O–H groups in total. The lowest BCUT2D eigenvalue weighted by Gasteiger charge is -2.11. The summed E-state index contributed by atoms with van der Waals surface area (Å²) in [7, 11) is 0. The van der Waals surface area contributed by atoms with Gasteiger partial charge in [0.2, 0.25) is 0 Å². The quantitative estimate of drug-likeness (QED) is 0.227. The molecule has 0 bridgehead atoms. The molecule has 2 aromatic carbocycles. The van der Waals surface area contributed by atoms with Gasteiger partial charge in [0.25, 0.3) is 0 Å². The second kappa shape index (κ2) is 11.1. The summed E-state index contributed by atoms with van der Waals surface area (Å²) in [6, 6.07) is 20.5. The molecule has 0 unspecified atom stereocenters. The molecule has 0 radical (unpaired) electrons. The van der Waals surface area contributed by atoms with Gasteiger partial charge in [-0.2, -0.15) is 0 Å². The van der Waals surface area contributed by atoms with E-state index in [9.17, 15) is 0 Å². The van der Waals surface area contributed by atoms with Gasteiger partial charge in [0.15, 0.2) is 11.6 Å². The highest BCUT2D eigenvalue weighted by Crippen LogP contribution is 2.20. The Kier molecular flexibility index (Phi) is 7.52. The van der Waals surface area contributed by atoms with E-state index in [2.05, 4.69) is 57.0 Å². The fourth-order valence-electron chi connectivity index (χ4n) is 3.56. The molecule has 2 heterocycles. The van der Waals surface area contributed by atoms with Crippen LogP contribution in [-0.2, 0) is 6.42 Å². The van der Waals surface area contributed by atoms with Gasteiger partial charge in [0.05, 0.1) is 6.61 Å². The summed E-state index contributed by atoms with van der Waals surface area (Å²) in [5, 5.41) is 17.6. The first-order chi connectivity index (χ1) is 15.8. The third-order valence-corrected chi connectivity index (χ3v) is 5.16. The van der Waals surface area contributed by atoms with Crippen molar-refractivity contribution < 1.29 is 4.74 Å². The van der Waals surface area contributed by atoms with Crippen LogP contribution in [0.4, 0.5) is 0 Å². The van der Waals surface area contributed by atoms with Gasteiger partial charge in [0.1, 0.15) is 11.6 Å². The van der Waals surface area contributed by atoms with Crippen molar-refractivity contribution in [1.29, 1.82) is 0 Å². The van der Waals surface area contributed by atoms with Gasteiger partial charge in [-0.1, -0.05) is 36.4 Å². The maximum absolute atomic E-state index is 5.91. The van der Waals surface area contributed by atoms with Crippen LogP contribution in [0.5, 0.6) is 5.75 Å². The van der Waals surface area contributed by atoms with Crippen molar-refractivity contribution >= 4 is 22.4 Å². The normalized spacial score (nSPS) is 11.7. The molecule has 0 saturated heterocycles. The average Bonchev–Trinajstić information content (AvgIpc) is 3.24. The zero-order valence-electron chi connectivity index (χ0n) is 18.5. The predicted molar refractivity (Wildman–Crippen MR) is 129 cm³/mol. The molecule has 166 valence electrons. The second-order valence-electron chi connectivity index (χ2n) is 7.55. The molecule has 7 heteroatoms. The van der Waals surface area contributed by atoms with Crippen LogP contribution in [-0.4, -0.2) is 46.8 Å². The highest BCUT2D eigenvalue weighted by atomic mass is 16.5. The van der Waals surface area contributed by atoms with Gasteiger partial charge in [-0.05, 0) is 48.4 Å². The van der Waals surface area contributed by atoms with Crippen LogP contribution < -0.4 is 15.4 Å². The van der Waals surface area contributed by atoms with E-state index in [1.807, 2.05) is 47.0 Å². The van der Waals surface area contributed by atoms with E-state index in [0.717, 1.165) is 55.5 Å². The number of pyridine rings is 1. The van der Waals surface area contributed by atoms with Gasteiger partial charge in [-0.15, -0.1) is 10.2 Å². The number of guanidine groups is 1. The van der Waals surface area contributed by atoms with Crippen LogP contribution in [0.15, 0.2) is 71.9 Å². The van der Waals surface area contributed by atoms with Crippen molar-refractivity contribution in [2.75, 3.05) is 26.2 Å². The molecule has 0 spiro atoms. The Morgan fingerprint density at radius 2 is 1.84 bits per heavy atom. The topological polar surface area (TPSA) is 75.8 Å². The van der Waals surface area contributed by atoms with Crippen molar-refractivity contribution in [3.05, 3.63) is 72.7 Å². The summed E-state index contributed by atoms with van der Waals surface area (Å²) in [6.45, 7) is 5.07. The van der Waals surface area contributed by atoms with Gasteiger partial charge in [-0.25, -0.2) is 0 Å². The molecule has 4 rings (SSSR count). The number of aryl methyl sites for hydroxylation is 1. The molecular formula is C25H30N6O. The SMILES string of the molecule is CCNC(=NCCCOc1ccc2ccccc2c1)NCCCc1nnc2ccccn12. The molecule has 0 saturated carbocycles. The minimum absolute atomic E-state index is 0.640. The zero-order valence-corrected chi connectivity index (χ0v) is 18.5. The standard InChI is InChI=1S/C25H30N6O/c1-2-26-25(27-15-7-12-24-30-29-23-11-5-6-17-31(23)24)28-16-8-18-32-22-14-13-20-9-3-4-10-21(20)19-22/h3-6,9-11,13-14,17,19H,2,7-8,12,15-16,18H2,1H3,(H2,26,27,28). The molecule has 0 aliphatic heterocycles. The van der Waals surface area contributed by atoms with Crippen LogP contribution in [0.25, 0.3) is 16.4 Å². The summed E-state index contributed by atoms with van der Waals surface area (Å²) in [4.78, 5) is 4.66. The van der Waals surface area contributed by atoms with E-state index in [0.29, 0.717) is 13.2 Å². The van der Waals surface area contributed by atoms with Crippen LogP contribution >= 0.6 is 0 Å². The number of aliphatic imine (C=N–C) groups is 1. The number of hydrogen-bond acceptors (Lipinski definition) is 4. The number of benzene rings is 2. The largest absolute Gasteiger partial charge is 0.494 e. The molecule has 32 heavy (non-hydrogen) atoms. The highest BCUT2D eigenvalue weighted by molar-refractivity contribution is 5.83. The lowest BCUT2D eigenvalue weighted by Crippen LogP contribution is -2.38. The molecular weight excluding hydrogens is 400 g/mol. The summed E-state index contributed by atoms with van der Waals surface area (Å²) in [6.07, 6.45) is 4.67. The van der Waals surface area contributed by atoms with Crippen molar-refractivity contribution in [3.63, 3.8) is 0 Å². The van der Waals surface area contributed by atoms with Gasteiger partial charge in [-0.3, -0.25) is 9.39 Å². The first-order valence-corrected chi connectivity index (χ1v) is 11.3. The van der Waals surface area contributed by atoms with Crippen LogP contribution in [0.2, 0.25) is 0 Å². The maximum Gasteiger partial charge on any atom is 0.191 e. The molecule has 0 aliphatic rings. The Morgan fingerprint density at radius 3 is 2.75 bits per heavy atom. The Morgan fingerprint density at radius 1 is 0.969 bits per heavy atom. The first-order valence-electron chi connectivity index (χ1n) is 11.3. The summed E-state index contributed by atoms with van der Waals surface area (Å²) < 4.78 is 7.94. The van der Waals surface area contributed by atoms with E-state index in [4.69, 9.17) is 4.74 Å². The average molecular weight is 431 g/mol. The Hall–Kier alpha value is -3.61. The lowest BCUT2D eigenvalue weighted by molar-refractivity contribution is 0.314. The van der Waals surface area contributed by atoms with Crippen molar-refractivity contribution in [2.24, 2.45) is 4.99 Å². The Labute approximate surface area is 188 Å². The summed E-state index contributed by atoms with van der Waals surface area (Å²) in [5.74, 6) is 2.72. The number of aromatic nitrogens is 3. The fourth-order valence-corrected chi connectivity index (χ4v) is 3.56. The summed E-state index contributed by atoms with van der Waals surface area (Å²) >= 11 is 0. The maximum atomic E-state index is 5.91. The third kappa shape index (κ3) is 5.75. The van der Waals surface area contributed by atoms with Crippen molar-refractivity contribution in [2.45, 2.75) is 26.2 Å². The second-order valence-corrected chi connectivity index (χ2v) is 7.55. The van der Waals surface area contributed by atoms with Gasteiger partial charge in [0, 0.05) is 38.7 Å². The number of nitrogens with one attached hydrogen (secondary N) is 2. The van der Waals surface area contributed by atoms with Crippen molar-refractivity contribution in [3.8, 4) is 5.75 Å². The minimum Gasteiger partial charge on any atom is -0.494 e. The molecule has 2 aromatic heterocycles. The zero-order chi connectivity index (χ0) is 22.0. The van der Waals surface area contributed by atoms with E-state index in [-0.39, 0.29) is 0 Å². The predicted octanol–water partition coefficient (Wildman–Crippen LogP) is 3.84. The summed E-state index contributed by atoms with van der Waals surface area (Å²) in [5.41, 5.74) is 0.885. The van der Waals surface area contributed by atoms with E-state index < -0.39 is 0 Å². The third-order valence-electron chi connectivity index (χ3n) is 5.16. The van der Waals surface area contributed by atoms with Gasteiger partial charge < -0.3 is 15.4 Å². The number of hydrogen-bond donors (Lipinski definition) is 2. The number of nitrogens with zero attached hydrogens (tertiary/aromatic N) is 4. The lowest BCUT2D eigenvalue weighted by atomic mass is 10.1. The van der Waals surface area contributed by atoms with Crippen LogP contribution in [0, 0.1) is 0 Å². The van der Waals surface area contributed by atoms with E-state index in [1.165, 1.54) is 10.8 Å². The minimum atomic E-state index is 0.640. The highest BCUT2D eigenvalue weighted by Gasteiger charge is 2.04. The molecule has 0 atom stereocenters.